The van der Waals surface area contributed by atoms with Crippen LogP contribution < -0.4 is 5.73 Å². The minimum Gasteiger partial charge on any atom is -0.379 e. The maximum absolute atomic E-state index is 5.44. The largest absolute Gasteiger partial charge is 0.379 e. The van der Waals surface area contributed by atoms with Gasteiger partial charge in [0.1, 0.15) is 0 Å². The smallest absolute Gasteiger partial charge is 0.0594 e. The lowest BCUT2D eigenvalue weighted by molar-refractivity contribution is 0.0776. The predicted molar refractivity (Wildman–Crippen MR) is 63.9 cm³/mol. The average Bonchev–Trinajstić information content (AvgIpc) is 2.59. The van der Waals surface area contributed by atoms with Crippen LogP contribution in [0.5, 0.6) is 0 Å². The van der Waals surface area contributed by atoms with Gasteiger partial charge in [0.2, 0.25) is 0 Å². The van der Waals surface area contributed by atoms with E-state index in [-0.39, 0.29) is 0 Å². The van der Waals surface area contributed by atoms with E-state index >= 15 is 0 Å². The molecule has 3 nitrogen and oxygen atoms in total. The molecule has 1 saturated heterocycles. The molecule has 0 aromatic heterocycles. The summed E-state index contributed by atoms with van der Waals surface area (Å²) in [6.07, 6.45) is 2.67. The molecule has 0 bridgehead atoms. The molecule has 1 atom stereocenters. The lowest BCUT2D eigenvalue weighted by Crippen LogP contribution is -2.41. The summed E-state index contributed by atoms with van der Waals surface area (Å²) in [4.78, 5) is 2.57. The lowest BCUT2D eigenvalue weighted by atomic mass is 9.85. The Morgan fingerprint density at radius 2 is 2.07 bits per heavy atom. The monoisotopic (exact) mass is 214 g/mol. The van der Waals surface area contributed by atoms with Crippen LogP contribution in [0.1, 0.15) is 33.6 Å². The highest BCUT2D eigenvalue weighted by Gasteiger charge is 2.33. The summed E-state index contributed by atoms with van der Waals surface area (Å²) in [7, 11) is 0. The molecule has 0 saturated carbocycles. The summed E-state index contributed by atoms with van der Waals surface area (Å²) >= 11 is 0. The average molecular weight is 214 g/mol. The second-order valence-corrected chi connectivity index (χ2v) is 5.46. The van der Waals surface area contributed by atoms with Crippen molar-refractivity contribution in [1.29, 1.82) is 0 Å². The predicted octanol–water partition coefficient (Wildman–Crippen LogP) is 1.47. The molecule has 0 spiro atoms. The highest BCUT2D eigenvalue weighted by atomic mass is 16.5. The van der Waals surface area contributed by atoms with Crippen molar-refractivity contribution in [2.24, 2.45) is 11.1 Å². The first-order chi connectivity index (χ1) is 7.05. The van der Waals surface area contributed by atoms with Gasteiger partial charge in [0, 0.05) is 19.1 Å². The Morgan fingerprint density at radius 1 is 1.33 bits per heavy atom. The fourth-order valence-corrected chi connectivity index (χ4v) is 2.44. The van der Waals surface area contributed by atoms with Crippen LogP contribution in [0, 0.1) is 5.41 Å². The first kappa shape index (κ1) is 12.9. The van der Waals surface area contributed by atoms with E-state index in [9.17, 15) is 0 Å². The fraction of sp³-hybridized carbons (Fsp3) is 1.00. The number of hydrogen-bond donors (Lipinski definition) is 1. The standard InChI is InChI=1S/C12H26N2O/c1-12(2,3)11-5-4-7-14(11)8-10-15-9-6-13/h11H,4-10,13H2,1-3H3. The van der Waals surface area contributed by atoms with Crippen molar-refractivity contribution in [1.82, 2.24) is 4.90 Å². The molecule has 2 N–H and O–H groups in total. The quantitative estimate of drug-likeness (QED) is 0.704. The molecule has 90 valence electrons. The van der Waals surface area contributed by atoms with Gasteiger partial charge in [0.25, 0.3) is 0 Å². The maximum Gasteiger partial charge on any atom is 0.0594 e. The SMILES string of the molecule is CC(C)(C)C1CCCN1CCOCCN. The van der Waals surface area contributed by atoms with Crippen molar-refractivity contribution < 1.29 is 4.74 Å². The van der Waals surface area contributed by atoms with Crippen LogP contribution in [0.25, 0.3) is 0 Å². The van der Waals surface area contributed by atoms with Gasteiger partial charge in [-0.2, -0.15) is 0 Å². The van der Waals surface area contributed by atoms with Crippen LogP contribution in [0.2, 0.25) is 0 Å². The first-order valence-corrected chi connectivity index (χ1v) is 6.07. The van der Waals surface area contributed by atoms with Gasteiger partial charge in [0.15, 0.2) is 0 Å². The highest BCUT2D eigenvalue weighted by Crippen LogP contribution is 2.32. The number of rotatable bonds is 5. The molecule has 1 fully saturated rings. The number of nitrogens with zero attached hydrogens (tertiary/aromatic N) is 1. The van der Waals surface area contributed by atoms with Crippen molar-refractivity contribution in [3.8, 4) is 0 Å². The molecule has 0 aliphatic carbocycles. The molecule has 15 heavy (non-hydrogen) atoms. The number of likely N-dealkylation sites (tertiary alicyclic amines) is 1. The minimum atomic E-state index is 0.393. The van der Waals surface area contributed by atoms with Crippen molar-refractivity contribution in [2.75, 3.05) is 32.8 Å². The van der Waals surface area contributed by atoms with Crippen molar-refractivity contribution in [3.05, 3.63) is 0 Å². The zero-order valence-electron chi connectivity index (χ0n) is 10.5. The van der Waals surface area contributed by atoms with Crippen LogP contribution in [-0.4, -0.2) is 43.8 Å². The van der Waals surface area contributed by atoms with Crippen LogP contribution in [0.4, 0.5) is 0 Å². The van der Waals surface area contributed by atoms with Gasteiger partial charge in [-0.05, 0) is 24.8 Å². The molecule has 1 aliphatic rings. The zero-order valence-corrected chi connectivity index (χ0v) is 10.5. The third-order valence-corrected chi connectivity index (χ3v) is 3.15. The van der Waals surface area contributed by atoms with Crippen LogP contribution in [0.3, 0.4) is 0 Å². The summed E-state index contributed by atoms with van der Waals surface area (Å²) < 4.78 is 5.44. The van der Waals surface area contributed by atoms with Crippen LogP contribution >= 0.6 is 0 Å². The Kier molecular flexibility index (Phi) is 5.03. The molecular weight excluding hydrogens is 188 g/mol. The molecular formula is C12H26N2O. The van der Waals surface area contributed by atoms with E-state index < -0.39 is 0 Å². The summed E-state index contributed by atoms with van der Waals surface area (Å²) in [6, 6.07) is 0.721. The maximum atomic E-state index is 5.44. The van der Waals surface area contributed by atoms with Gasteiger partial charge in [-0.1, -0.05) is 20.8 Å². The van der Waals surface area contributed by atoms with E-state index in [1.807, 2.05) is 0 Å². The summed E-state index contributed by atoms with van der Waals surface area (Å²) in [5.41, 5.74) is 5.77. The zero-order chi connectivity index (χ0) is 11.3. The molecule has 0 aromatic carbocycles. The Bertz CT molecular complexity index is 177. The van der Waals surface area contributed by atoms with Crippen molar-refractivity contribution in [3.63, 3.8) is 0 Å². The summed E-state index contributed by atoms with van der Waals surface area (Å²) in [5.74, 6) is 0. The van der Waals surface area contributed by atoms with Crippen LogP contribution in [0.15, 0.2) is 0 Å². The Morgan fingerprint density at radius 3 is 2.67 bits per heavy atom. The van der Waals surface area contributed by atoms with E-state index in [0.29, 0.717) is 18.6 Å². The third-order valence-electron chi connectivity index (χ3n) is 3.15. The van der Waals surface area contributed by atoms with E-state index in [2.05, 4.69) is 25.7 Å². The van der Waals surface area contributed by atoms with Gasteiger partial charge in [-0.15, -0.1) is 0 Å². The normalized spacial score (nSPS) is 23.6. The molecule has 1 heterocycles. The summed E-state index contributed by atoms with van der Waals surface area (Å²) in [6.45, 7) is 11.4. The number of nitrogens with two attached hydrogens (primary N) is 1. The highest BCUT2D eigenvalue weighted by molar-refractivity contribution is 4.87. The molecule has 1 unspecified atom stereocenters. The topological polar surface area (TPSA) is 38.5 Å². The lowest BCUT2D eigenvalue weighted by Gasteiger charge is -2.35. The fourth-order valence-electron chi connectivity index (χ4n) is 2.44. The molecule has 1 rings (SSSR count). The number of ether oxygens (including phenoxy) is 1. The third kappa shape index (κ3) is 4.09. The van der Waals surface area contributed by atoms with E-state index in [1.54, 1.807) is 0 Å². The second kappa shape index (κ2) is 5.83. The molecule has 0 aromatic rings. The van der Waals surface area contributed by atoms with Gasteiger partial charge in [0.05, 0.1) is 13.2 Å². The van der Waals surface area contributed by atoms with E-state index in [1.165, 1.54) is 19.4 Å². The molecule has 1 aliphatic heterocycles. The van der Waals surface area contributed by atoms with Gasteiger partial charge >= 0.3 is 0 Å². The van der Waals surface area contributed by atoms with Gasteiger partial charge in [-0.3, -0.25) is 4.90 Å². The van der Waals surface area contributed by atoms with E-state index in [4.69, 9.17) is 10.5 Å². The Hall–Kier alpha value is -0.120. The Balaban J connectivity index is 2.28. The van der Waals surface area contributed by atoms with Crippen molar-refractivity contribution in [2.45, 2.75) is 39.7 Å². The van der Waals surface area contributed by atoms with Crippen molar-refractivity contribution >= 4 is 0 Å². The molecule has 0 amide bonds. The number of hydrogen-bond acceptors (Lipinski definition) is 3. The first-order valence-electron chi connectivity index (χ1n) is 6.07. The Labute approximate surface area is 94.0 Å². The molecule has 0 radical (unpaired) electrons. The van der Waals surface area contributed by atoms with Gasteiger partial charge < -0.3 is 10.5 Å². The van der Waals surface area contributed by atoms with Crippen LogP contribution in [-0.2, 0) is 4.74 Å². The minimum absolute atomic E-state index is 0.393. The molecule has 3 heteroatoms. The van der Waals surface area contributed by atoms with Gasteiger partial charge in [-0.25, -0.2) is 0 Å². The summed E-state index contributed by atoms with van der Waals surface area (Å²) in [5, 5.41) is 0. The van der Waals surface area contributed by atoms with E-state index in [0.717, 1.165) is 19.2 Å². The second-order valence-electron chi connectivity index (χ2n) is 5.46.